The van der Waals surface area contributed by atoms with Crippen molar-refractivity contribution < 1.29 is 19.1 Å². The van der Waals surface area contributed by atoms with Gasteiger partial charge in [-0.2, -0.15) is 0 Å². The van der Waals surface area contributed by atoms with Crippen LogP contribution in [0.5, 0.6) is 0 Å². The molecule has 0 radical (unpaired) electrons. The highest BCUT2D eigenvalue weighted by Gasteiger charge is 2.16. The van der Waals surface area contributed by atoms with E-state index in [1.54, 1.807) is 0 Å². The summed E-state index contributed by atoms with van der Waals surface area (Å²) >= 11 is 0. The Labute approximate surface area is 135 Å². The highest BCUT2D eigenvalue weighted by Crippen LogP contribution is 2.21. The number of ketones is 1. The molecule has 130 valence electrons. The lowest BCUT2D eigenvalue weighted by molar-refractivity contribution is -0.147. The van der Waals surface area contributed by atoms with Crippen molar-refractivity contribution in [2.24, 2.45) is 10.8 Å². The molecule has 0 N–H and O–H groups in total. The maximum atomic E-state index is 11.7. The van der Waals surface area contributed by atoms with Crippen molar-refractivity contribution in [3.8, 4) is 0 Å². The minimum atomic E-state index is -0.187. The van der Waals surface area contributed by atoms with Crippen LogP contribution in [0.25, 0.3) is 0 Å². The predicted octanol–water partition coefficient (Wildman–Crippen LogP) is 4.16. The summed E-state index contributed by atoms with van der Waals surface area (Å²) in [4.78, 5) is 23.1. The lowest BCUT2D eigenvalue weighted by atomic mass is 9.89. The van der Waals surface area contributed by atoms with Crippen molar-refractivity contribution in [2.75, 3.05) is 19.8 Å². The van der Waals surface area contributed by atoms with E-state index >= 15 is 0 Å². The van der Waals surface area contributed by atoms with Crippen LogP contribution >= 0.6 is 0 Å². The van der Waals surface area contributed by atoms with Crippen molar-refractivity contribution >= 4 is 11.8 Å². The Morgan fingerprint density at radius 1 is 0.818 bits per heavy atom. The number of carbonyl (C=O) groups is 2. The molecule has 0 aromatic rings. The van der Waals surface area contributed by atoms with Gasteiger partial charge in [0.05, 0.1) is 13.0 Å². The van der Waals surface area contributed by atoms with Crippen LogP contribution in [0.15, 0.2) is 0 Å². The molecule has 0 saturated heterocycles. The van der Waals surface area contributed by atoms with Gasteiger partial charge in [-0.1, -0.05) is 41.5 Å². The third kappa shape index (κ3) is 15.5. The van der Waals surface area contributed by atoms with E-state index in [4.69, 9.17) is 9.47 Å². The van der Waals surface area contributed by atoms with Crippen LogP contribution in [-0.4, -0.2) is 31.6 Å². The zero-order chi connectivity index (χ0) is 17.2. The molecule has 0 fully saturated rings. The van der Waals surface area contributed by atoms with Gasteiger partial charge in [0.1, 0.15) is 12.4 Å². The highest BCUT2D eigenvalue weighted by atomic mass is 16.6. The second kappa shape index (κ2) is 9.98. The maximum absolute atomic E-state index is 11.7. The minimum absolute atomic E-state index is 0.0502. The average Bonchev–Trinajstić information content (AvgIpc) is 2.32. The van der Waals surface area contributed by atoms with Gasteiger partial charge < -0.3 is 9.47 Å². The summed E-state index contributed by atoms with van der Waals surface area (Å²) in [6.45, 7) is 13.7. The number of esters is 1. The topological polar surface area (TPSA) is 52.6 Å². The fourth-order valence-corrected chi connectivity index (χ4v) is 1.81. The molecule has 0 aromatic carbocycles. The normalized spacial score (nSPS) is 12.3. The fourth-order valence-electron chi connectivity index (χ4n) is 1.81. The SMILES string of the molecule is CC(C)(C)CCC(=O)CCCOCCOC(=O)CC(C)(C)C. The summed E-state index contributed by atoms with van der Waals surface area (Å²) in [7, 11) is 0. The molecule has 0 amide bonds. The molecule has 0 aliphatic heterocycles. The summed E-state index contributed by atoms with van der Waals surface area (Å²) in [6.07, 6.45) is 3.29. The van der Waals surface area contributed by atoms with Crippen molar-refractivity contribution in [2.45, 2.75) is 73.6 Å². The van der Waals surface area contributed by atoms with Crippen LogP contribution in [0.2, 0.25) is 0 Å². The Bertz CT molecular complexity index is 334. The molecule has 0 unspecified atom stereocenters. The van der Waals surface area contributed by atoms with E-state index in [-0.39, 0.29) is 23.4 Å². The van der Waals surface area contributed by atoms with Gasteiger partial charge in [0, 0.05) is 19.4 Å². The van der Waals surface area contributed by atoms with Crippen LogP contribution in [-0.2, 0) is 19.1 Å². The molecule has 0 bridgehead atoms. The molecule has 0 rings (SSSR count). The van der Waals surface area contributed by atoms with Gasteiger partial charge in [-0.3, -0.25) is 9.59 Å². The quantitative estimate of drug-likeness (QED) is 0.449. The van der Waals surface area contributed by atoms with E-state index in [9.17, 15) is 9.59 Å². The molecule has 0 atom stereocenters. The van der Waals surface area contributed by atoms with Crippen LogP contribution in [0, 0.1) is 10.8 Å². The molecule has 4 nitrogen and oxygen atoms in total. The molecule has 0 heterocycles. The van der Waals surface area contributed by atoms with E-state index in [2.05, 4.69) is 20.8 Å². The van der Waals surface area contributed by atoms with Gasteiger partial charge in [0.25, 0.3) is 0 Å². The monoisotopic (exact) mass is 314 g/mol. The molecule has 0 aromatic heterocycles. The Kier molecular flexibility index (Phi) is 9.58. The summed E-state index contributed by atoms with van der Waals surface area (Å²) in [5, 5.41) is 0. The first kappa shape index (κ1) is 21.1. The van der Waals surface area contributed by atoms with E-state index in [0.29, 0.717) is 38.3 Å². The molecular formula is C18H34O4. The van der Waals surface area contributed by atoms with Gasteiger partial charge >= 0.3 is 5.97 Å². The molecule has 22 heavy (non-hydrogen) atoms. The van der Waals surface area contributed by atoms with Crippen molar-refractivity contribution in [1.82, 2.24) is 0 Å². The van der Waals surface area contributed by atoms with Gasteiger partial charge in [0.15, 0.2) is 0 Å². The maximum Gasteiger partial charge on any atom is 0.306 e. The van der Waals surface area contributed by atoms with Crippen LogP contribution in [0.4, 0.5) is 0 Å². The Morgan fingerprint density at radius 3 is 2.00 bits per heavy atom. The van der Waals surface area contributed by atoms with E-state index < -0.39 is 0 Å². The standard InChI is InChI=1S/C18H34O4/c1-17(2,3)10-9-15(19)8-7-11-21-12-13-22-16(20)14-18(4,5)6/h7-14H2,1-6H3. The molecular weight excluding hydrogens is 280 g/mol. The largest absolute Gasteiger partial charge is 0.463 e. The molecule has 0 aliphatic carbocycles. The van der Waals surface area contributed by atoms with Gasteiger partial charge in [-0.25, -0.2) is 0 Å². The minimum Gasteiger partial charge on any atom is -0.463 e. The number of ether oxygens (including phenoxy) is 2. The second-order valence-electron chi connectivity index (χ2n) is 8.27. The predicted molar refractivity (Wildman–Crippen MR) is 88.8 cm³/mol. The van der Waals surface area contributed by atoms with Gasteiger partial charge in [0.2, 0.25) is 0 Å². The van der Waals surface area contributed by atoms with E-state index in [1.807, 2.05) is 20.8 Å². The zero-order valence-electron chi connectivity index (χ0n) is 15.3. The third-order valence-electron chi connectivity index (χ3n) is 3.06. The number of Topliss-reactive ketones (excluding diaryl/α,β-unsaturated/α-hetero) is 1. The summed E-state index contributed by atoms with van der Waals surface area (Å²) in [5.41, 5.74) is 0.161. The van der Waals surface area contributed by atoms with Crippen LogP contribution < -0.4 is 0 Å². The average molecular weight is 314 g/mol. The summed E-state index contributed by atoms with van der Waals surface area (Å²) < 4.78 is 10.5. The Morgan fingerprint density at radius 2 is 1.45 bits per heavy atom. The van der Waals surface area contributed by atoms with Crippen molar-refractivity contribution in [1.29, 1.82) is 0 Å². The van der Waals surface area contributed by atoms with Gasteiger partial charge in [-0.05, 0) is 23.7 Å². The first-order chi connectivity index (χ1) is 9.99. The van der Waals surface area contributed by atoms with Crippen LogP contribution in [0.1, 0.15) is 73.6 Å². The lowest BCUT2D eigenvalue weighted by Gasteiger charge is -2.17. The molecule has 4 heteroatoms. The smallest absolute Gasteiger partial charge is 0.306 e. The zero-order valence-corrected chi connectivity index (χ0v) is 15.3. The van der Waals surface area contributed by atoms with Crippen molar-refractivity contribution in [3.05, 3.63) is 0 Å². The van der Waals surface area contributed by atoms with Crippen molar-refractivity contribution in [3.63, 3.8) is 0 Å². The van der Waals surface area contributed by atoms with E-state index in [1.165, 1.54) is 0 Å². The first-order valence-electron chi connectivity index (χ1n) is 8.25. The number of rotatable bonds is 10. The second-order valence-corrected chi connectivity index (χ2v) is 8.27. The fraction of sp³-hybridized carbons (Fsp3) is 0.889. The first-order valence-corrected chi connectivity index (χ1v) is 8.25. The Balaban J connectivity index is 3.47. The third-order valence-corrected chi connectivity index (χ3v) is 3.06. The molecule has 0 saturated carbocycles. The number of carbonyl (C=O) groups excluding carboxylic acids is 2. The summed E-state index contributed by atoms with van der Waals surface area (Å²) in [5.74, 6) is 0.114. The van der Waals surface area contributed by atoms with Crippen LogP contribution in [0.3, 0.4) is 0 Å². The van der Waals surface area contributed by atoms with Gasteiger partial charge in [-0.15, -0.1) is 0 Å². The molecule has 0 spiro atoms. The summed E-state index contributed by atoms with van der Waals surface area (Å²) in [6, 6.07) is 0. The number of hydrogen-bond acceptors (Lipinski definition) is 4. The Hall–Kier alpha value is -0.900. The number of hydrogen-bond donors (Lipinski definition) is 0. The molecule has 0 aliphatic rings. The highest BCUT2D eigenvalue weighted by molar-refractivity contribution is 5.78. The van der Waals surface area contributed by atoms with E-state index in [0.717, 1.165) is 12.8 Å². The lowest BCUT2D eigenvalue weighted by Crippen LogP contribution is -2.17.